The molecule has 0 amide bonds. The lowest BCUT2D eigenvalue weighted by atomic mass is 9.63. The predicted molar refractivity (Wildman–Crippen MR) is 579 cm³/mol. The van der Waals surface area contributed by atoms with Crippen molar-refractivity contribution in [2.75, 3.05) is 0 Å². The predicted octanol–water partition coefficient (Wildman–Crippen LogP) is 36.5. The summed E-state index contributed by atoms with van der Waals surface area (Å²) in [6.07, 6.45) is 37.8. The van der Waals surface area contributed by atoms with Gasteiger partial charge in [-0.3, -0.25) is 0 Å². The van der Waals surface area contributed by atoms with Crippen LogP contribution in [-0.2, 0) is 34.4 Å². The molecule has 0 bridgehead atoms. The Morgan fingerprint density at radius 3 is 1.21 bits per heavy atom. The summed E-state index contributed by atoms with van der Waals surface area (Å²) in [5.74, 6) is 1.19. The molecule has 6 nitrogen and oxygen atoms in total. The second-order valence-electron chi connectivity index (χ2n) is 37.5. The van der Waals surface area contributed by atoms with E-state index in [9.17, 15) is 25.5 Å². The first-order chi connectivity index (χ1) is 64.5. The molecule has 11 heterocycles. The Kier molecular flexibility index (Phi) is 32.7. The Morgan fingerprint density at radius 1 is 0.303 bits per heavy atom. The Balaban J connectivity index is 0.000000116. The highest BCUT2D eigenvalue weighted by atomic mass is 32.1. The lowest BCUT2D eigenvalue weighted by Crippen LogP contribution is -2.44. The monoisotopic (exact) mass is 1930 g/mol. The third kappa shape index (κ3) is 21.8. The van der Waals surface area contributed by atoms with Crippen LogP contribution in [0.2, 0.25) is 0 Å². The molecule has 132 heavy (non-hydrogen) atoms. The van der Waals surface area contributed by atoms with E-state index in [4.69, 9.17) is 0 Å². The average Bonchev–Trinajstić information content (AvgIpc) is 0.763. The molecule has 21 rings (SSSR count). The van der Waals surface area contributed by atoms with Crippen LogP contribution in [0, 0.1) is 17.8 Å². The molecule has 3 aliphatic carbocycles. The van der Waals surface area contributed by atoms with Gasteiger partial charge in [-0.05, 0) is 276 Å². The molecular formula is C116H127NO5S10. The minimum Gasteiger partial charge on any atom is -0.385 e. The van der Waals surface area contributed by atoms with E-state index < -0.39 is 28.0 Å². The van der Waals surface area contributed by atoms with E-state index >= 15 is 0 Å². The lowest BCUT2D eigenvalue weighted by Gasteiger charge is -2.46. The maximum Gasteiger partial charge on any atom is 0.128 e. The second kappa shape index (κ2) is 45.0. The number of thiophene rings is 10. The van der Waals surface area contributed by atoms with Crippen molar-refractivity contribution in [3.8, 4) is 48.8 Å². The summed E-state index contributed by atoms with van der Waals surface area (Å²) in [7, 11) is 0. The fourth-order valence-corrected chi connectivity index (χ4v) is 30.8. The van der Waals surface area contributed by atoms with Crippen LogP contribution in [0.3, 0.4) is 0 Å². The highest BCUT2D eigenvalue weighted by Crippen LogP contribution is 2.55. The van der Waals surface area contributed by atoms with E-state index in [2.05, 4.69) is 224 Å². The van der Waals surface area contributed by atoms with Gasteiger partial charge in [-0.15, -0.1) is 113 Å². The van der Waals surface area contributed by atoms with Gasteiger partial charge in [0.2, 0.25) is 0 Å². The summed E-state index contributed by atoms with van der Waals surface area (Å²) in [5, 5.41) is 90.8. The third-order valence-electron chi connectivity index (χ3n) is 28.4. The smallest absolute Gasteiger partial charge is 0.128 e. The van der Waals surface area contributed by atoms with Gasteiger partial charge in [0, 0.05) is 64.1 Å². The molecule has 6 N–H and O–H groups in total. The van der Waals surface area contributed by atoms with Crippen molar-refractivity contribution in [2.24, 2.45) is 17.8 Å². The molecule has 3 saturated carbocycles. The normalized spacial score (nSPS) is 16.1. The zero-order chi connectivity index (χ0) is 90.9. The highest BCUT2D eigenvalue weighted by molar-refractivity contribution is 7.22. The lowest BCUT2D eigenvalue weighted by molar-refractivity contribution is -0.0982. The van der Waals surface area contributed by atoms with Crippen molar-refractivity contribution >= 4 is 167 Å². The van der Waals surface area contributed by atoms with Crippen LogP contribution >= 0.6 is 113 Å². The number of fused-ring (bicyclic) bond motifs is 3. The number of aromatic amines is 1. The molecule has 11 aromatic heterocycles. The Hall–Kier alpha value is -7.82. The van der Waals surface area contributed by atoms with Gasteiger partial charge in [-0.25, -0.2) is 0 Å². The van der Waals surface area contributed by atoms with Crippen molar-refractivity contribution < 1.29 is 25.5 Å². The highest BCUT2D eigenvalue weighted by Gasteiger charge is 2.48. The zero-order valence-corrected chi connectivity index (χ0v) is 85.0. The number of hydrogen-bond donors (Lipinski definition) is 6. The number of aromatic nitrogens is 1. The molecule has 3 fully saturated rings. The molecule has 0 aliphatic heterocycles. The number of unbranched alkanes of at least 4 members (excludes halogenated alkanes) is 12. The minimum absolute atomic E-state index is 0.293. The third-order valence-corrected chi connectivity index (χ3v) is 38.2. The molecule has 4 unspecified atom stereocenters. The molecule has 4 atom stereocenters. The Bertz CT molecular complexity index is 6440. The van der Waals surface area contributed by atoms with Crippen LogP contribution in [0.25, 0.3) is 103 Å². The summed E-state index contributed by atoms with van der Waals surface area (Å²) < 4.78 is 0. The van der Waals surface area contributed by atoms with E-state index in [1.165, 1.54) is 259 Å². The first-order valence-electron chi connectivity index (χ1n) is 48.4. The maximum atomic E-state index is 12.2. The van der Waals surface area contributed by atoms with Crippen LogP contribution in [0.4, 0.5) is 0 Å². The number of para-hydroxylation sites is 1. The molecule has 0 spiro atoms. The number of H-pyrrole nitrogens is 1. The van der Waals surface area contributed by atoms with Gasteiger partial charge in [0.15, 0.2) is 0 Å². The van der Waals surface area contributed by atoms with E-state index in [-0.39, 0.29) is 0 Å². The molecule has 0 radical (unpaired) electrons. The topological polar surface area (TPSA) is 117 Å². The Morgan fingerprint density at radius 2 is 0.705 bits per heavy atom. The number of benzene rings is 7. The van der Waals surface area contributed by atoms with Gasteiger partial charge in [0.1, 0.15) is 11.2 Å². The molecule has 18 aromatic rings. The average molecular weight is 1940 g/mol. The van der Waals surface area contributed by atoms with Gasteiger partial charge in [-0.2, -0.15) is 0 Å². The Labute approximate surface area is 821 Å². The SMILES string of the molecule is CC(O)(Cc1ccc2ccc3cc4ccccc4c4ccc1c2c34)c1ccsc1-c1cccs1.CC(O)(c1cc2ccccc2[nH]1)c1ccsc1-c1cccs1.CCCCCCCCCCCCCCCC(C)(O)c1ccsc1-c1cccs1.OC(c1ccccc1)(c1ccsc1-c1cccs1)C1CCCCC1.OC(c1ccsc1-c1cccs1)(C1CCCCC1)C1CCCCC1. The molecule has 686 valence electrons. The van der Waals surface area contributed by atoms with Crippen LogP contribution in [-0.4, -0.2) is 30.5 Å². The fourth-order valence-electron chi connectivity index (χ4n) is 21.4. The van der Waals surface area contributed by atoms with E-state index in [1.807, 2.05) is 92.1 Å². The van der Waals surface area contributed by atoms with Crippen LogP contribution in [0.1, 0.15) is 259 Å². The zero-order valence-electron chi connectivity index (χ0n) is 76.8. The van der Waals surface area contributed by atoms with E-state index in [0.717, 1.165) is 75.0 Å². The molecule has 7 aromatic carbocycles. The van der Waals surface area contributed by atoms with E-state index in [1.54, 1.807) is 102 Å². The minimum atomic E-state index is -1.04. The van der Waals surface area contributed by atoms with Crippen LogP contribution in [0.5, 0.6) is 0 Å². The van der Waals surface area contributed by atoms with Crippen LogP contribution in [0.15, 0.2) is 272 Å². The number of rotatable bonds is 31. The standard InChI is InChI=1S/C31H22OS2.C25H40OS2.C21H28OS2.C21H22OS2.C18H15NOS2/c1-31(32,26-14-16-34-30(26)27-7-4-15-33-27)18-22-11-9-19-8-10-21-17-20-5-2-3-6-23(20)25-13-12-24(22)28(19)29(21)25;1-3-4-5-6-7-8-9-10-11-12-13-14-15-19-25(2,26)22-18-21-28-24(22)23-17-16-20-27-23;2*22-21(16-8-3-1-4-9-16,17-10-5-2-6-11-17)18-13-15-24-20(18)19-12-7-14-23-19;1-18(20,16-11-12-5-2-3-6-14(12)19-16)13-8-10-22-17(13)15-7-4-9-21-15/h2-17,32H,18H2,1H3;16-18,20-21,26H,3-15,19H2,1-2H3;7,12-17,22H,1-6,8-11H2;1,3-4,7-9,12-15,17,22H,2,5-6,10-11H2;2-11,19-20H,1H3. The van der Waals surface area contributed by atoms with E-state index in [0.29, 0.717) is 24.2 Å². The summed E-state index contributed by atoms with van der Waals surface area (Å²) in [6, 6.07) is 76.5. The summed E-state index contributed by atoms with van der Waals surface area (Å²) in [6.45, 7) is 8.09. The van der Waals surface area contributed by atoms with Gasteiger partial charge in [0.25, 0.3) is 0 Å². The summed E-state index contributed by atoms with van der Waals surface area (Å²) >= 11 is 17.4. The number of hydrogen-bond acceptors (Lipinski definition) is 15. The molecule has 3 aliphatic rings. The fraction of sp³-hybridized carbons (Fsp3) is 0.362. The van der Waals surface area contributed by atoms with Crippen LogP contribution < -0.4 is 0 Å². The largest absolute Gasteiger partial charge is 0.385 e. The van der Waals surface area contributed by atoms with Crippen molar-refractivity contribution in [2.45, 2.75) is 248 Å². The second-order valence-corrected chi connectivity index (χ2v) is 46.8. The summed E-state index contributed by atoms with van der Waals surface area (Å²) in [5.41, 5.74) is 5.28. The number of nitrogens with one attached hydrogen (secondary N) is 1. The van der Waals surface area contributed by atoms with Crippen molar-refractivity contribution in [3.63, 3.8) is 0 Å². The molecular weight excluding hydrogens is 1810 g/mol. The molecule has 0 saturated heterocycles. The first-order valence-corrected chi connectivity index (χ1v) is 57.2. The van der Waals surface area contributed by atoms with Crippen molar-refractivity contribution in [1.29, 1.82) is 0 Å². The maximum absolute atomic E-state index is 12.2. The first kappa shape index (κ1) is 95.9. The van der Waals surface area contributed by atoms with Gasteiger partial charge < -0.3 is 30.5 Å². The van der Waals surface area contributed by atoms with Crippen molar-refractivity contribution in [1.82, 2.24) is 4.98 Å². The van der Waals surface area contributed by atoms with Gasteiger partial charge in [-0.1, -0.05) is 288 Å². The van der Waals surface area contributed by atoms with Crippen molar-refractivity contribution in [3.05, 3.63) is 317 Å². The van der Waals surface area contributed by atoms with Gasteiger partial charge >= 0.3 is 0 Å². The number of aliphatic hydroxyl groups is 5. The van der Waals surface area contributed by atoms with Gasteiger partial charge in [0.05, 0.1) is 46.9 Å². The summed E-state index contributed by atoms with van der Waals surface area (Å²) in [4.78, 5) is 15.7. The molecule has 16 heteroatoms. The quantitative estimate of drug-likeness (QED) is 0.0147.